The number of aliphatic carboxylic acids is 2. The molecular weight excluding hydrogens is 546 g/mol. The molecule has 1 aliphatic heterocycles. The normalized spacial score (nSPS) is 17.6. The van der Waals surface area contributed by atoms with Gasteiger partial charge in [-0.05, 0) is 38.5 Å². The molecule has 1 heterocycles. The van der Waals surface area contributed by atoms with Crippen molar-refractivity contribution in [2.75, 3.05) is 19.6 Å². The number of aliphatic hydroxyl groups is 1. The van der Waals surface area contributed by atoms with Crippen LogP contribution in [0.15, 0.2) is 0 Å². The number of aliphatic hydroxyl groups excluding tert-OH is 1. The number of carbonyl (C=O) groups is 7. The Morgan fingerprint density at radius 1 is 0.902 bits per heavy atom. The van der Waals surface area contributed by atoms with Crippen LogP contribution in [0.3, 0.4) is 0 Å². The maximum absolute atomic E-state index is 13.2. The second kappa shape index (κ2) is 17.1. The summed E-state index contributed by atoms with van der Waals surface area (Å²) in [6.45, 7) is 3.95. The second-order valence-electron chi connectivity index (χ2n) is 10.1. The van der Waals surface area contributed by atoms with E-state index in [0.717, 1.165) is 0 Å². The first-order valence-electron chi connectivity index (χ1n) is 13.2. The van der Waals surface area contributed by atoms with Gasteiger partial charge in [0, 0.05) is 13.0 Å². The summed E-state index contributed by atoms with van der Waals surface area (Å²) in [6.07, 6.45) is -1.12. The molecule has 0 spiro atoms. The van der Waals surface area contributed by atoms with E-state index in [0.29, 0.717) is 19.3 Å². The number of hydrazine groups is 1. The van der Waals surface area contributed by atoms with Crippen molar-refractivity contribution >= 4 is 41.5 Å². The first kappa shape index (κ1) is 35.2. The summed E-state index contributed by atoms with van der Waals surface area (Å²) in [6, 6.07) is -4.71. The molecule has 0 aromatic heterocycles. The summed E-state index contributed by atoms with van der Waals surface area (Å²) in [7, 11) is 0. The Bertz CT molecular complexity index is 974. The van der Waals surface area contributed by atoms with Crippen LogP contribution in [0.25, 0.3) is 0 Å². The highest BCUT2D eigenvalue weighted by Crippen LogP contribution is 2.20. The van der Waals surface area contributed by atoms with E-state index in [4.69, 9.17) is 16.1 Å². The minimum Gasteiger partial charge on any atom is -0.481 e. The number of nitrogens with zero attached hydrogens (tertiary/aromatic N) is 1. The van der Waals surface area contributed by atoms with Gasteiger partial charge in [0.25, 0.3) is 0 Å². The molecule has 17 nitrogen and oxygen atoms in total. The predicted octanol–water partition coefficient (Wildman–Crippen LogP) is -3.61. The third kappa shape index (κ3) is 12.1. The van der Waals surface area contributed by atoms with Crippen LogP contribution in [0, 0.1) is 5.92 Å². The van der Waals surface area contributed by atoms with Crippen LogP contribution >= 0.6 is 0 Å². The summed E-state index contributed by atoms with van der Waals surface area (Å²) < 4.78 is 0. The third-order valence-electron chi connectivity index (χ3n) is 6.25. The van der Waals surface area contributed by atoms with E-state index in [1.165, 1.54) is 11.8 Å². The molecule has 1 fully saturated rings. The first-order valence-corrected chi connectivity index (χ1v) is 13.2. The number of hydrogen-bond acceptors (Lipinski definition) is 10. The molecule has 17 heteroatoms. The zero-order valence-corrected chi connectivity index (χ0v) is 23.3. The van der Waals surface area contributed by atoms with Crippen LogP contribution in [-0.4, -0.2) is 112 Å². The zero-order chi connectivity index (χ0) is 31.3. The van der Waals surface area contributed by atoms with Crippen LogP contribution in [-0.2, 0) is 33.6 Å². The van der Waals surface area contributed by atoms with Crippen LogP contribution in [0.2, 0.25) is 0 Å². The average Bonchev–Trinajstić information content (AvgIpc) is 3.39. The quantitative estimate of drug-likeness (QED) is 0.0590. The van der Waals surface area contributed by atoms with E-state index in [1.54, 1.807) is 0 Å². The smallest absolute Gasteiger partial charge is 0.322 e. The van der Waals surface area contributed by atoms with Crippen molar-refractivity contribution in [2.45, 2.75) is 83.1 Å². The number of hydrogen-bond donors (Lipinski definition) is 9. The first-order chi connectivity index (χ1) is 19.2. The van der Waals surface area contributed by atoms with Gasteiger partial charge in [0.2, 0.25) is 29.5 Å². The lowest BCUT2D eigenvalue weighted by Gasteiger charge is -2.30. The molecule has 0 aromatic carbocycles. The van der Waals surface area contributed by atoms with Gasteiger partial charge in [-0.2, -0.15) is 0 Å². The summed E-state index contributed by atoms with van der Waals surface area (Å²) in [5.74, 6) is -0.746. The van der Waals surface area contributed by atoms with Crippen molar-refractivity contribution in [3.05, 3.63) is 0 Å². The van der Waals surface area contributed by atoms with E-state index >= 15 is 0 Å². The fourth-order valence-electron chi connectivity index (χ4n) is 4.19. The summed E-state index contributed by atoms with van der Waals surface area (Å²) >= 11 is 0. The standard InChI is InChI=1S/C24H41N7O10/c1-12(2)9-15(30-25)24(41)31-8-4-5-16(31)22(39)28-14(6-7-18(34)35)21(38)29-20(13(3)32)23(40)27-10-17(33)26-11-19(36)37/h12-16,20,30,32H,4-11,25H2,1-3H3,(H,26,33)(H,27,40)(H,28,39)(H,29,38)(H,34,35)(H,36,37). The molecule has 0 radical (unpaired) electrons. The van der Waals surface area contributed by atoms with Crippen LogP contribution in [0.5, 0.6) is 0 Å². The van der Waals surface area contributed by atoms with Crippen molar-refractivity contribution in [3.8, 4) is 0 Å². The van der Waals surface area contributed by atoms with Gasteiger partial charge in [0.05, 0.1) is 12.6 Å². The topological polar surface area (TPSA) is 270 Å². The van der Waals surface area contributed by atoms with Crippen LogP contribution in [0.1, 0.15) is 52.9 Å². The molecule has 1 rings (SSSR count). The van der Waals surface area contributed by atoms with Crippen molar-refractivity contribution in [3.63, 3.8) is 0 Å². The lowest BCUT2D eigenvalue weighted by atomic mass is 10.0. The van der Waals surface area contributed by atoms with Crippen molar-refractivity contribution < 1.29 is 48.9 Å². The molecule has 0 saturated carbocycles. The summed E-state index contributed by atoms with van der Waals surface area (Å²) in [5.41, 5.74) is 2.47. The Hall–Kier alpha value is -3.83. The molecular formula is C24H41N7O10. The number of carbonyl (C=O) groups excluding carboxylic acids is 5. The van der Waals surface area contributed by atoms with Gasteiger partial charge in [0.1, 0.15) is 30.7 Å². The van der Waals surface area contributed by atoms with E-state index in [-0.39, 0.29) is 24.8 Å². The molecule has 1 aliphatic rings. The Morgan fingerprint density at radius 3 is 2.10 bits per heavy atom. The molecule has 5 atom stereocenters. The highest BCUT2D eigenvalue weighted by molar-refractivity contribution is 5.96. The highest BCUT2D eigenvalue weighted by atomic mass is 16.4. The van der Waals surface area contributed by atoms with Crippen molar-refractivity contribution in [1.82, 2.24) is 31.6 Å². The molecule has 10 N–H and O–H groups in total. The Labute approximate surface area is 236 Å². The van der Waals surface area contributed by atoms with E-state index < -0.39 is 85.3 Å². The molecule has 5 amide bonds. The molecule has 41 heavy (non-hydrogen) atoms. The van der Waals surface area contributed by atoms with E-state index in [1.807, 2.05) is 19.2 Å². The maximum Gasteiger partial charge on any atom is 0.322 e. The summed E-state index contributed by atoms with van der Waals surface area (Å²) in [4.78, 5) is 86.6. The fraction of sp³-hybridized carbons (Fsp3) is 0.708. The van der Waals surface area contributed by atoms with Gasteiger partial charge in [-0.25, -0.2) is 5.43 Å². The van der Waals surface area contributed by atoms with E-state index in [2.05, 4.69) is 21.4 Å². The minimum absolute atomic E-state index is 0.136. The minimum atomic E-state index is -1.60. The van der Waals surface area contributed by atoms with Gasteiger partial charge in [-0.1, -0.05) is 13.8 Å². The molecule has 0 bridgehead atoms. The Morgan fingerprint density at radius 2 is 1.56 bits per heavy atom. The van der Waals surface area contributed by atoms with Crippen LogP contribution < -0.4 is 32.5 Å². The summed E-state index contributed by atoms with van der Waals surface area (Å²) in [5, 5.41) is 36.7. The SMILES string of the molecule is CC(C)CC(NN)C(=O)N1CCCC1C(=O)NC(CCC(=O)O)C(=O)NC(C(=O)NCC(=O)NCC(=O)O)C(C)O. The average molecular weight is 588 g/mol. The Kier molecular flexibility index (Phi) is 14.7. The molecule has 0 aromatic rings. The number of nitrogens with two attached hydrogens (primary N) is 1. The number of rotatable bonds is 17. The van der Waals surface area contributed by atoms with Crippen molar-refractivity contribution in [2.24, 2.45) is 11.8 Å². The van der Waals surface area contributed by atoms with Crippen molar-refractivity contribution in [1.29, 1.82) is 0 Å². The van der Waals surface area contributed by atoms with Gasteiger partial charge >= 0.3 is 11.9 Å². The largest absolute Gasteiger partial charge is 0.481 e. The lowest BCUT2D eigenvalue weighted by Crippen LogP contribution is -2.60. The number of carboxylic acids is 2. The molecule has 232 valence electrons. The van der Waals surface area contributed by atoms with Gasteiger partial charge in [0.15, 0.2) is 0 Å². The third-order valence-corrected chi connectivity index (χ3v) is 6.25. The van der Waals surface area contributed by atoms with E-state index in [9.17, 15) is 38.7 Å². The van der Waals surface area contributed by atoms with Gasteiger partial charge < -0.3 is 41.5 Å². The predicted molar refractivity (Wildman–Crippen MR) is 141 cm³/mol. The zero-order valence-electron chi connectivity index (χ0n) is 23.3. The maximum atomic E-state index is 13.2. The number of likely N-dealkylation sites (tertiary alicyclic amines) is 1. The lowest BCUT2D eigenvalue weighted by molar-refractivity contribution is -0.142. The van der Waals surface area contributed by atoms with Gasteiger partial charge in [-0.3, -0.25) is 39.4 Å². The second-order valence-corrected chi connectivity index (χ2v) is 10.1. The number of amides is 5. The number of nitrogens with one attached hydrogen (secondary N) is 5. The Balaban J connectivity index is 2.97. The number of carboxylic acid groups (broad SMARTS) is 2. The molecule has 1 saturated heterocycles. The molecule has 0 aliphatic carbocycles. The van der Waals surface area contributed by atoms with Gasteiger partial charge in [-0.15, -0.1) is 0 Å². The van der Waals surface area contributed by atoms with Crippen LogP contribution in [0.4, 0.5) is 0 Å². The monoisotopic (exact) mass is 587 g/mol. The molecule has 5 unspecified atom stereocenters. The highest BCUT2D eigenvalue weighted by Gasteiger charge is 2.39. The fourth-order valence-corrected chi connectivity index (χ4v) is 4.19.